The van der Waals surface area contributed by atoms with E-state index in [0.29, 0.717) is 56.4 Å². The van der Waals surface area contributed by atoms with Gasteiger partial charge in [-0.1, -0.05) is 49.7 Å². The molecule has 1 saturated heterocycles. The summed E-state index contributed by atoms with van der Waals surface area (Å²) in [7, 11) is 0. The van der Waals surface area contributed by atoms with Crippen molar-refractivity contribution < 1.29 is 22.7 Å². The molecule has 1 aliphatic heterocycles. The Hall–Kier alpha value is -2.38. The van der Waals surface area contributed by atoms with Gasteiger partial charge in [-0.15, -0.1) is 0 Å². The second kappa shape index (κ2) is 10.5. The number of halogens is 3. The molecular formula is C25H31F3N2O2. The molecule has 1 fully saturated rings. The third-order valence-corrected chi connectivity index (χ3v) is 5.48. The number of ether oxygens (including phenoxy) is 1. The lowest BCUT2D eigenvalue weighted by molar-refractivity contribution is -0.137. The molecule has 32 heavy (non-hydrogen) atoms. The number of benzene rings is 2. The fraction of sp³-hybridized carbons (Fsp3) is 0.480. The fourth-order valence-electron chi connectivity index (χ4n) is 3.94. The SMILES string of the molecule is Cc1ccc(C(=O)N(CC(C)C)C[C@H]2CN(Cc3cccc(C(F)(F)F)c3)CCO2)cc1. The largest absolute Gasteiger partial charge is 0.416 e. The van der Waals surface area contributed by atoms with Crippen molar-refractivity contribution in [3.05, 3.63) is 70.8 Å². The molecule has 1 aliphatic rings. The molecule has 1 atom stereocenters. The van der Waals surface area contributed by atoms with Gasteiger partial charge in [0.1, 0.15) is 0 Å². The number of carbonyl (C=O) groups excluding carboxylic acids is 1. The molecule has 1 amide bonds. The maximum Gasteiger partial charge on any atom is 0.416 e. The van der Waals surface area contributed by atoms with Crippen LogP contribution in [0.5, 0.6) is 0 Å². The summed E-state index contributed by atoms with van der Waals surface area (Å²) in [4.78, 5) is 17.0. The Labute approximate surface area is 188 Å². The van der Waals surface area contributed by atoms with Crippen molar-refractivity contribution in [1.82, 2.24) is 9.80 Å². The number of rotatable bonds is 7. The minimum absolute atomic E-state index is 0.0303. The van der Waals surface area contributed by atoms with Gasteiger partial charge >= 0.3 is 6.18 Å². The zero-order valence-corrected chi connectivity index (χ0v) is 18.9. The number of nitrogens with zero attached hydrogens (tertiary/aromatic N) is 2. The van der Waals surface area contributed by atoms with E-state index in [1.54, 1.807) is 6.07 Å². The lowest BCUT2D eigenvalue weighted by atomic mass is 10.1. The highest BCUT2D eigenvalue weighted by atomic mass is 19.4. The molecule has 0 saturated carbocycles. The Morgan fingerprint density at radius 3 is 2.56 bits per heavy atom. The lowest BCUT2D eigenvalue weighted by Crippen LogP contribution is -2.49. The Bertz CT molecular complexity index is 897. The van der Waals surface area contributed by atoms with Crippen LogP contribution < -0.4 is 0 Å². The quantitative estimate of drug-likeness (QED) is 0.597. The maximum atomic E-state index is 13.1. The van der Waals surface area contributed by atoms with Crippen LogP contribution in [0.2, 0.25) is 0 Å². The first-order valence-corrected chi connectivity index (χ1v) is 11.0. The molecule has 0 N–H and O–H groups in total. The second-order valence-corrected chi connectivity index (χ2v) is 8.90. The standard InChI is InChI=1S/C25H31F3N2O2/c1-18(2)14-30(24(31)21-9-7-19(3)8-10-21)17-23-16-29(11-12-32-23)15-20-5-4-6-22(13-20)25(26,27)28/h4-10,13,18,23H,11-12,14-17H2,1-3H3/t23-/m1/s1. The number of hydrogen-bond acceptors (Lipinski definition) is 3. The molecule has 2 aromatic carbocycles. The Morgan fingerprint density at radius 2 is 1.91 bits per heavy atom. The van der Waals surface area contributed by atoms with Crippen LogP contribution in [0.1, 0.15) is 40.9 Å². The van der Waals surface area contributed by atoms with Gasteiger partial charge in [-0.2, -0.15) is 13.2 Å². The van der Waals surface area contributed by atoms with Crippen molar-refractivity contribution in [2.45, 2.75) is 39.6 Å². The van der Waals surface area contributed by atoms with Gasteiger partial charge in [-0.05, 0) is 36.6 Å². The lowest BCUT2D eigenvalue weighted by Gasteiger charge is -2.36. The first-order chi connectivity index (χ1) is 15.1. The molecule has 4 nitrogen and oxygen atoms in total. The number of carbonyl (C=O) groups is 1. The minimum atomic E-state index is -4.35. The van der Waals surface area contributed by atoms with Crippen molar-refractivity contribution >= 4 is 5.91 Å². The normalized spacial score (nSPS) is 17.5. The van der Waals surface area contributed by atoms with Gasteiger partial charge in [-0.3, -0.25) is 9.69 Å². The number of aryl methyl sites for hydroxylation is 1. The fourth-order valence-corrected chi connectivity index (χ4v) is 3.94. The smallest absolute Gasteiger partial charge is 0.374 e. The van der Waals surface area contributed by atoms with Crippen LogP contribution in [0.3, 0.4) is 0 Å². The van der Waals surface area contributed by atoms with E-state index in [4.69, 9.17) is 4.74 Å². The summed E-state index contributed by atoms with van der Waals surface area (Å²) in [5.74, 6) is 0.270. The van der Waals surface area contributed by atoms with Crippen LogP contribution in [0.4, 0.5) is 13.2 Å². The maximum absolute atomic E-state index is 13.1. The highest BCUT2D eigenvalue weighted by Crippen LogP contribution is 2.30. The van der Waals surface area contributed by atoms with Gasteiger partial charge < -0.3 is 9.64 Å². The molecule has 0 aromatic heterocycles. The number of morpholine rings is 1. The van der Waals surface area contributed by atoms with Crippen LogP contribution in [0, 0.1) is 12.8 Å². The predicted octanol–water partition coefficient (Wildman–Crippen LogP) is 5.01. The molecule has 0 spiro atoms. The Morgan fingerprint density at radius 1 is 1.19 bits per heavy atom. The van der Waals surface area contributed by atoms with Crippen LogP contribution in [-0.4, -0.2) is 54.6 Å². The molecule has 1 heterocycles. The van der Waals surface area contributed by atoms with Gasteiger partial charge in [0.15, 0.2) is 0 Å². The molecule has 3 rings (SSSR count). The van der Waals surface area contributed by atoms with Crippen LogP contribution in [-0.2, 0) is 17.5 Å². The topological polar surface area (TPSA) is 32.8 Å². The van der Waals surface area contributed by atoms with Crippen molar-refractivity contribution in [1.29, 1.82) is 0 Å². The molecule has 0 unspecified atom stereocenters. The summed E-state index contributed by atoms with van der Waals surface area (Å²) in [6, 6.07) is 13.0. The zero-order chi connectivity index (χ0) is 23.3. The molecule has 7 heteroatoms. The highest BCUT2D eigenvalue weighted by Gasteiger charge is 2.31. The van der Waals surface area contributed by atoms with Crippen molar-refractivity contribution in [3.8, 4) is 0 Å². The van der Waals surface area contributed by atoms with E-state index in [1.165, 1.54) is 12.1 Å². The summed E-state index contributed by atoms with van der Waals surface area (Å²) in [5, 5.41) is 0. The van der Waals surface area contributed by atoms with Crippen LogP contribution >= 0.6 is 0 Å². The second-order valence-electron chi connectivity index (χ2n) is 8.90. The molecule has 2 aromatic rings. The number of amides is 1. The van der Waals surface area contributed by atoms with Crippen LogP contribution in [0.25, 0.3) is 0 Å². The van der Waals surface area contributed by atoms with Crippen molar-refractivity contribution in [3.63, 3.8) is 0 Å². The third kappa shape index (κ3) is 6.81. The van der Waals surface area contributed by atoms with E-state index in [-0.39, 0.29) is 12.0 Å². The van der Waals surface area contributed by atoms with E-state index in [9.17, 15) is 18.0 Å². The zero-order valence-electron chi connectivity index (χ0n) is 18.9. The van der Waals surface area contributed by atoms with E-state index >= 15 is 0 Å². The average Bonchev–Trinajstić information content (AvgIpc) is 2.73. The van der Waals surface area contributed by atoms with Gasteiger partial charge in [0.25, 0.3) is 5.91 Å². The summed E-state index contributed by atoms with van der Waals surface area (Å²) >= 11 is 0. The Balaban J connectivity index is 1.66. The van der Waals surface area contributed by atoms with Gasteiger partial charge in [-0.25, -0.2) is 0 Å². The van der Waals surface area contributed by atoms with Crippen LogP contribution in [0.15, 0.2) is 48.5 Å². The third-order valence-electron chi connectivity index (χ3n) is 5.48. The first-order valence-electron chi connectivity index (χ1n) is 11.0. The molecule has 174 valence electrons. The van der Waals surface area contributed by atoms with Crippen molar-refractivity contribution in [2.24, 2.45) is 5.92 Å². The summed E-state index contributed by atoms with van der Waals surface area (Å²) in [6.45, 7) is 9.28. The van der Waals surface area contributed by atoms with Gasteiger partial charge in [0, 0.05) is 38.3 Å². The number of alkyl halides is 3. The molecule has 0 radical (unpaired) electrons. The van der Waals surface area contributed by atoms with E-state index < -0.39 is 11.7 Å². The van der Waals surface area contributed by atoms with E-state index in [1.807, 2.05) is 36.1 Å². The van der Waals surface area contributed by atoms with Crippen molar-refractivity contribution in [2.75, 3.05) is 32.8 Å². The van der Waals surface area contributed by atoms with E-state index in [0.717, 1.165) is 11.6 Å². The minimum Gasteiger partial charge on any atom is -0.374 e. The number of hydrogen-bond donors (Lipinski definition) is 0. The summed E-state index contributed by atoms with van der Waals surface area (Å²) < 4.78 is 45.0. The average molecular weight is 449 g/mol. The molecule has 0 aliphatic carbocycles. The monoisotopic (exact) mass is 448 g/mol. The first kappa shape index (κ1) is 24.3. The highest BCUT2D eigenvalue weighted by molar-refractivity contribution is 5.94. The van der Waals surface area contributed by atoms with Gasteiger partial charge in [0.2, 0.25) is 0 Å². The predicted molar refractivity (Wildman–Crippen MR) is 118 cm³/mol. The Kier molecular flexibility index (Phi) is 7.96. The summed E-state index contributed by atoms with van der Waals surface area (Å²) in [6.07, 6.45) is -4.54. The van der Waals surface area contributed by atoms with E-state index in [2.05, 4.69) is 18.7 Å². The van der Waals surface area contributed by atoms with Gasteiger partial charge in [0.05, 0.1) is 18.3 Å². The molecular weight excluding hydrogens is 417 g/mol. The summed E-state index contributed by atoms with van der Waals surface area (Å²) in [5.41, 5.74) is 1.73. The molecule has 0 bridgehead atoms.